The van der Waals surface area contributed by atoms with E-state index in [4.69, 9.17) is 9.47 Å². The van der Waals surface area contributed by atoms with Gasteiger partial charge in [0.15, 0.2) is 11.5 Å². The van der Waals surface area contributed by atoms with Gasteiger partial charge in [0.05, 0.1) is 25.8 Å². The van der Waals surface area contributed by atoms with Crippen molar-refractivity contribution in [2.45, 2.75) is 32.4 Å². The lowest BCUT2D eigenvalue weighted by Crippen LogP contribution is -2.28. The maximum Gasteiger partial charge on any atom is 0.222 e. The Morgan fingerprint density at radius 1 is 1.11 bits per heavy atom. The van der Waals surface area contributed by atoms with Gasteiger partial charge >= 0.3 is 0 Å². The molecule has 0 saturated carbocycles. The Kier molecular flexibility index (Phi) is 4.71. The fourth-order valence-corrected chi connectivity index (χ4v) is 3.58. The molecule has 0 unspecified atom stereocenters. The van der Waals surface area contributed by atoms with E-state index < -0.39 is 0 Å². The molecule has 1 aliphatic heterocycles. The number of ether oxygens (including phenoxy) is 2. The van der Waals surface area contributed by atoms with Gasteiger partial charge in [0, 0.05) is 0 Å². The number of nitrogens with one attached hydrogen (secondary N) is 1. The molecule has 2 aromatic carbocycles. The Morgan fingerprint density at radius 3 is 2.63 bits per heavy atom. The van der Waals surface area contributed by atoms with Gasteiger partial charge in [-0.2, -0.15) is 10.1 Å². The number of methoxy groups -OCH3 is 1. The first-order chi connectivity index (χ1) is 13.2. The monoisotopic (exact) mass is 364 g/mol. The highest BCUT2D eigenvalue weighted by molar-refractivity contribution is 5.46. The zero-order valence-corrected chi connectivity index (χ0v) is 15.8. The molecule has 0 fully saturated rings. The smallest absolute Gasteiger partial charge is 0.222 e. The lowest BCUT2D eigenvalue weighted by molar-refractivity contribution is 0.310. The molecule has 0 amide bonds. The average Bonchev–Trinajstić information content (AvgIpc) is 3.17. The highest BCUT2D eigenvalue weighted by Gasteiger charge is 2.30. The van der Waals surface area contributed by atoms with Crippen LogP contribution in [0, 0.1) is 6.92 Å². The van der Waals surface area contributed by atoms with E-state index in [-0.39, 0.29) is 12.1 Å². The van der Waals surface area contributed by atoms with E-state index in [1.165, 1.54) is 11.1 Å². The largest absolute Gasteiger partial charge is 0.493 e. The van der Waals surface area contributed by atoms with Crippen molar-refractivity contribution in [3.63, 3.8) is 0 Å². The quantitative estimate of drug-likeness (QED) is 0.737. The van der Waals surface area contributed by atoms with E-state index in [2.05, 4.69) is 52.7 Å². The molecule has 1 N–H and O–H groups in total. The van der Waals surface area contributed by atoms with Crippen molar-refractivity contribution in [1.29, 1.82) is 0 Å². The van der Waals surface area contributed by atoms with Crippen LogP contribution in [-0.2, 0) is 0 Å². The summed E-state index contributed by atoms with van der Waals surface area (Å²) in [7, 11) is 1.67. The molecule has 1 aliphatic rings. The zero-order chi connectivity index (χ0) is 18.8. The SMILES string of the molecule is CCOc1ccc([C@H]2C[C@@H](c3ccc(C)cc3)Nc3ncnn32)cc1OC. The summed E-state index contributed by atoms with van der Waals surface area (Å²) in [5.74, 6) is 2.28. The number of rotatable bonds is 5. The Balaban J connectivity index is 1.70. The van der Waals surface area contributed by atoms with Crippen LogP contribution < -0.4 is 14.8 Å². The van der Waals surface area contributed by atoms with Crippen molar-refractivity contribution >= 4 is 5.95 Å². The van der Waals surface area contributed by atoms with Crippen LogP contribution in [-0.4, -0.2) is 28.5 Å². The van der Waals surface area contributed by atoms with Crippen LogP contribution in [0.1, 0.15) is 42.1 Å². The van der Waals surface area contributed by atoms with E-state index in [1.54, 1.807) is 13.4 Å². The Labute approximate surface area is 159 Å². The molecule has 0 aliphatic carbocycles. The summed E-state index contributed by atoms with van der Waals surface area (Å²) in [6.45, 7) is 4.67. The van der Waals surface area contributed by atoms with Crippen molar-refractivity contribution in [2.24, 2.45) is 0 Å². The summed E-state index contributed by atoms with van der Waals surface area (Å²) < 4.78 is 13.1. The molecule has 0 bridgehead atoms. The second-order valence-corrected chi connectivity index (χ2v) is 6.73. The lowest BCUT2D eigenvalue weighted by Gasteiger charge is -2.32. The van der Waals surface area contributed by atoms with Crippen molar-refractivity contribution < 1.29 is 9.47 Å². The van der Waals surface area contributed by atoms with Crippen LogP contribution in [0.3, 0.4) is 0 Å². The summed E-state index contributed by atoms with van der Waals surface area (Å²) in [5.41, 5.74) is 3.63. The Bertz CT molecular complexity index is 920. The fraction of sp³-hybridized carbons (Fsp3) is 0.333. The molecule has 140 valence electrons. The summed E-state index contributed by atoms with van der Waals surface area (Å²) in [6, 6.07) is 15.0. The minimum absolute atomic E-state index is 0.0691. The molecule has 27 heavy (non-hydrogen) atoms. The van der Waals surface area contributed by atoms with E-state index in [9.17, 15) is 0 Å². The van der Waals surface area contributed by atoms with Crippen LogP contribution in [0.5, 0.6) is 11.5 Å². The highest BCUT2D eigenvalue weighted by atomic mass is 16.5. The van der Waals surface area contributed by atoms with Crippen LogP contribution >= 0.6 is 0 Å². The van der Waals surface area contributed by atoms with Crippen LogP contribution in [0.25, 0.3) is 0 Å². The third-order valence-electron chi connectivity index (χ3n) is 4.98. The summed E-state index contributed by atoms with van der Waals surface area (Å²) >= 11 is 0. The molecule has 3 aromatic rings. The fourth-order valence-electron chi connectivity index (χ4n) is 3.58. The lowest BCUT2D eigenvalue weighted by atomic mass is 9.93. The average molecular weight is 364 g/mol. The van der Waals surface area contributed by atoms with Crippen molar-refractivity contribution in [3.8, 4) is 11.5 Å². The summed E-state index contributed by atoms with van der Waals surface area (Å²) in [6.07, 6.45) is 2.47. The molecule has 4 rings (SSSR count). The number of nitrogens with zero attached hydrogens (tertiary/aromatic N) is 3. The van der Waals surface area contributed by atoms with Crippen molar-refractivity contribution in [1.82, 2.24) is 14.8 Å². The van der Waals surface area contributed by atoms with E-state index in [0.717, 1.165) is 29.4 Å². The number of aromatic nitrogens is 3. The number of aryl methyl sites for hydroxylation is 1. The molecule has 0 saturated heterocycles. The number of fused-ring (bicyclic) bond motifs is 1. The highest BCUT2D eigenvalue weighted by Crippen LogP contribution is 2.39. The zero-order valence-electron chi connectivity index (χ0n) is 15.8. The van der Waals surface area contributed by atoms with Gasteiger partial charge < -0.3 is 14.8 Å². The predicted molar refractivity (Wildman–Crippen MR) is 104 cm³/mol. The maximum absolute atomic E-state index is 5.65. The normalized spacial score (nSPS) is 18.5. The Morgan fingerprint density at radius 2 is 1.89 bits per heavy atom. The molecule has 1 aromatic heterocycles. The van der Waals surface area contributed by atoms with E-state index in [0.29, 0.717) is 6.61 Å². The van der Waals surface area contributed by atoms with Gasteiger partial charge in [0.2, 0.25) is 5.95 Å². The van der Waals surface area contributed by atoms with Gasteiger partial charge in [-0.05, 0) is 43.5 Å². The van der Waals surface area contributed by atoms with Gasteiger partial charge in [-0.3, -0.25) is 0 Å². The summed E-state index contributed by atoms with van der Waals surface area (Å²) in [5, 5.41) is 7.95. The second kappa shape index (κ2) is 7.31. The van der Waals surface area contributed by atoms with Gasteiger partial charge in [-0.1, -0.05) is 35.9 Å². The van der Waals surface area contributed by atoms with Crippen molar-refractivity contribution in [2.75, 3.05) is 19.0 Å². The number of hydrogen-bond acceptors (Lipinski definition) is 5. The van der Waals surface area contributed by atoms with Crippen molar-refractivity contribution in [3.05, 3.63) is 65.5 Å². The van der Waals surface area contributed by atoms with Crippen LogP contribution in [0.15, 0.2) is 48.8 Å². The molecular formula is C21H24N4O2. The van der Waals surface area contributed by atoms with Crippen LogP contribution in [0.2, 0.25) is 0 Å². The predicted octanol–water partition coefficient (Wildman–Crippen LogP) is 4.14. The molecule has 2 heterocycles. The Hall–Kier alpha value is -3.02. The standard InChI is InChI=1S/C21H24N4O2/c1-4-27-19-10-9-16(11-20(19)26-3)18-12-17(15-7-5-14(2)6-8-15)24-21-22-13-23-25(18)21/h5-11,13,17-18H,4,12H2,1-3H3,(H,22,23,24)/t17-,18+/m0/s1. The third kappa shape index (κ3) is 3.35. The maximum atomic E-state index is 5.65. The van der Waals surface area contributed by atoms with Gasteiger partial charge in [-0.25, -0.2) is 4.68 Å². The third-order valence-corrected chi connectivity index (χ3v) is 4.98. The molecule has 6 nitrogen and oxygen atoms in total. The molecule has 2 atom stereocenters. The molecule has 0 spiro atoms. The van der Waals surface area contributed by atoms with Gasteiger partial charge in [0.1, 0.15) is 6.33 Å². The minimum Gasteiger partial charge on any atom is -0.493 e. The van der Waals surface area contributed by atoms with E-state index >= 15 is 0 Å². The topological polar surface area (TPSA) is 61.2 Å². The second-order valence-electron chi connectivity index (χ2n) is 6.73. The first-order valence-electron chi connectivity index (χ1n) is 9.23. The number of anilines is 1. The van der Waals surface area contributed by atoms with Gasteiger partial charge in [0.25, 0.3) is 0 Å². The first kappa shape index (κ1) is 17.4. The summed E-state index contributed by atoms with van der Waals surface area (Å²) in [4.78, 5) is 4.40. The molecule has 0 radical (unpaired) electrons. The van der Waals surface area contributed by atoms with Crippen LogP contribution in [0.4, 0.5) is 5.95 Å². The first-order valence-corrected chi connectivity index (χ1v) is 9.23. The molecular weight excluding hydrogens is 340 g/mol. The minimum atomic E-state index is 0.0691. The molecule has 6 heteroatoms. The van der Waals surface area contributed by atoms with Gasteiger partial charge in [-0.15, -0.1) is 0 Å². The number of hydrogen-bond donors (Lipinski definition) is 1. The number of benzene rings is 2. The van der Waals surface area contributed by atoms with E-state index in [1.807, 2.05) is 23.7 Å².